The molecule has 1 N–H and O–H groups in total. The van der Waals surface area contributed by atoms with Crippen molar-refractivity contribution in [3.8, 4) is 0 Å². The van der Waals surface area contributed by atoms with E-state index in [4.69, 9.17) is 0 Å². The lowest BCUT2D eigenvalue weighted by Crippen LogP contribution is -2.50. The van der Waals surface area contributed by atoms with E-state index in [-0.39, 0.29) is 12.5 Å². The number of hydrogen-bond acceptors (Lipinski definition) is 4. The first-order valence-corrected chi connectivity index (χ1v) is 13.0. The highest BCUT2D eigenvalue weighted by atomic mass is 79.9. The Morgan fingerprint density at radius 3 is 2.36 bits per heavy atom. The highest BCUT2D eigenvalue weighted by molar-refractivity contribution is 9.10. The second kappa shape index (κ2) is 10.4. The summed E-state index contributed by atoms with van der Waals surface area (Å²) in [7, 11) is -2.29. The number of carbonyl (C=O) groups is 2. The molecule has 0 bridgehead atoms. The van der Waals surface area contributed by atoms with Gasteiger partial charge in [0.1, 0.15) is 12.6 Å². The Labute approximate surface area is 202 Å². The molecule has 0 aromatic heterocycles. The summed E-state index contributed by atoms with van der Waals surface area (Å²) in [6, 6.07) is 19.3. The van der Waals surface area contributed by atoms with Crippen LogP contribution in [0.4, 0.5) is 5.69 Å². The number of halogens is 1. The van der Waals surface area contributed by atoms with Crippen molar-refractivity contribution in [2.75, 3.05) is 24.2 Å². The van der Waals surface area contributed by atoms with E-state index < -0.39 is 28.5 Å². The van der Waals surface area contributed by atoms with E-state index in [2.05, 4.69) is 21.2 Å². The van der Waals surface area contributed by atoms with E-state index in [0.717, 1.165) is 31.4 Å². The van der Waals surface area contributed by atoms with E-state index in [9.17, 15) is 18.0 Å². The number of anilines is 1. The Hall–Kier alpha value is -2.91. The molecule has 0 radical (unpaired) electrons. The molecule has 3 rings (SSSR count). The Balaban J connectivity index is 2.00. The van der Waals surface area contributed by atoms with Gasteiger partial charge in [0, 0.05) is 23.5 Å². The van der Waals surface area contributed by atoms with Crippen LogP contribution in [0.5, 0.6) is 0 Å². The van der Waals surface area contributed by atoms with Crippen molar-refractivity contribution in [2.24, 2.45) is 0 Å². The van der Waals surface area contributed by atoms with Gasteiger partial charge in [-0.1, -0.05) is 64.5 Å². The summed E-state index contributed by atoms with van der Waals surface area (Å²) >= 11 is 3.42. The third-order valence-corrected chi connectivity index (χ3v) is 6.99. The van der Waals surface area contributed by atoms with Crippen molar-refractivity contribution in [3.63, 3.8) is 0 Å². The fraction of sp³-hybridized carbons (Fsp3) is 0.250. The maximum Gasteiger partial charge on any atom is 0.244 e. The second-order valence-corrected chi connectivity index (χ2v) is 10.5. The quantitative estimate of drug-likeness (QED) is 0.481. The normalized spacial score (nSPS) is 12.2. The fourth-order valence-corrected chi connectivity index (χ4v) is 4.95. The fourth-order valence-electron chi connectivity index (χ4n) is 3.64. The van der Waals surface area contributed by atoms with Crippen molar-refractivity contribution in [1.82, 2.24) is 10.2 Å². The number of amides is 2. The van der Waals surface area contributed by atoms with Crippen LogP contribution in [-0.4, -0.2) is 51.0 Å². The summed E-state index contributed by atoms with van der Waals surface area (Å²) in [5, 5.41) is 4.14. The number of fused-ring (bicyclic) bond motifs is 1. The lowest BCUT2D eigenvalue weighted by atomic mass is 10.1. The van der Waals surface area contributed by atoms with Gasteiger partial charge in [-0.3, -0.25) is 13.9 Å². The molecule has 0 spiro atoms. The van der Waals surface area contributed by atoms with Gasteiger partial charge in [-0.05, 0) is 36.1 Å². The minimum absolute atomic E-state index is 0.153. The Kier molecular flexibility index (Phi) is 7.76. The summed E-state index contributed by atoms with van der Waals surface area (Å²) in [4.78, 5) is 27.3. The van der Waals surface area contributed by atoms with Crippen molar-refractivity contribution in [3.05, 3.63) is 76.8 Å². The van der Waals surface area contributed by atoms with Crippen molar-refractivity contribution < 1.29 is 18.0 Å². The third kappa shape index (κ3) is 5.91. The molecule has 1 atom stereocenters. The molecule has 7 nitrogen and oxygen atoms in total. The van der Waals surface area contributed by atoms with Gasteiger partial charge in [-0.2, -0.15) is 0 Å². The second-order valence-electron chi connectivity index (χ2n) is 7.71. The molecule has 0 unspecified atom stereocenters. The first kappa shape index (κ1) is 24.7. The number of nitrogens with zero attached hydrogens (tertiary/aromatic N) is 2. The Morgan fingerprint density at radius 2 is 1.70 bits per heavy atom. The molecule has 0 saturated carbocycles. The molecule has 0 aliphatic heterocycles. The van der Waals surface area contributed by atoms with E-state index in [1.807, 2.05) is 54.6 Å². The summed E-state index contributed by atoms with van der Waals surface area (Å²) in [6.45, 7) is 1.35. The molecule has 9 heteroatoms. The van der Waals surface area contributed by atoms with E-state index in [1.165, 1.54) is 11.9 Å². The topological polar surface area (TPSA) is 86.8 Å². The van der Waals surface area contributed by atoms with Crippen molar-refractivity contribution in [2.45, 2.75) is 19.5 Å². The van der Waals surface area contributed by atoms with Gasteiger partial charge in [-0.15, -0.1) is 0 Å². The van der Waals surface area contributed by atoms with Gasteiger partial charge >= 0.3 is 0 Å². The van der Waals surface area contributed by atoms with E-state index in [1.54, 1.807) is 19.1 Å². The number of hydrogen-bond donors (Lipinski definition) is 1. The highest BCUT2D eigenvalue weighted by Crippen LogP contribution is 2.28. The van der Waals surface area contributed by atoms with E-state index in [0.29, 0.717) is 5.69 Å². The zero-order valence-electron chi connectivity index (χ0n) is 18.7. The lowest BCUT2D eigenvalue weighted by molar-refractivity contribution is -0.139. The van der Waals surface area contributed by atoms with Crippen LogP contribution in [0.3, 0.4) is 0 Å². The van der Waals surface area contributed by atoms with Crippen LogP contribution in [-0.2, 0) is 26.2 Å². The van der Waals surface area contributed by atoms with Crippen LogP contribution >= 0.6 is 15.9 Å². The standard InChI is InChI=1S/C24H26BrN3O4S/c1-17(24(30)26-2)27(15-18-8-6-11-20(25)14-18)23(29)16-28(33(3,31)32)22-13-7-10-19-9-4-5-12-21(19)22/h4-14,17H,15-16H2,1-3H3,(H,26,30)/t17-/m0/s1. The molecule has 0 saturated heterocycles. The van der Waals surface area contributed by atoms with Gasteiger partial charge in [0.25, 0.3) is 0 Å². The number of sulfonamides is 1. The molecule has 174 valence electrons. The molecule has 3 aromatic rings. The van der Waals surface area contributed by atoms with Crippen LogP contribution in [0.1, 0.15) is 12.5 Å². The predicted molar refractivity (Wildman–Crippen MR) is 134 cm³/mol. The monoisotopic (exact) mass is 531 g/mol. The zero-order valence-corrected chi connectivity index (χ0v) is 21.1. The first-order valence-electron chi connectivity index (χ1n) is 10.3. The smallest absolute Gasteiger partial charge is 0.244 e. The molecule has 0 aliphatic rings. The average Bonchev–Trinajstić information content (AvgIpc) is 2.79. The Morgan fingerprint density at radius 1 is 1.03 bits per heavy atom. The zero-order chi connectivity index (χ0) is 24.2. The highest BCUT2D eigenvalue weighted by Gasteiger charge is 2.30. The summed E-state index contributed by atoms with van der Waals surface area (Å²) in [5.74, 6) is -0.821. The number of nitrogens with one attached hydrogen (secondary N) is 1. The lowest BCUT2D eigenvalue weighted by Gasteiger charge is -2.31. The van der Waals surface area contributed by atoms with Gasteiger partial charge in [-0.25, -0.2) is 8.42 Å². The van der Waals surface area contributed by atoms with Crippen LogP contribution < -0.4 is 9.62 Å². The van der Waals surface area contributed by atoms with Crippen molar-refractivity contribution >= 4 is 54.2 Å². The minimum atomic E-state index is -3.79. The predicted octanol–water partition coefficient (Wildman–Crippen LogP) is 3.53. The number of rotatable bonds is 8. The number of likely N-dealkylation sites (N-methyl/N-ethyl adjacent to an activating group) is 1. The van der Waals surface area contributed by atoms with Crippen LogP contribution in [0.25, 0.3) is 10.8 Å². The molecule has 3 aromatic carbocycles. The Bertz CT molecular complexity index is 1270. The molecular formula is C24H26BrN3O4S. The van der Waals surface area contributed by atoms with Gasteiger partial charge < -0.3 is 10.2 Å². The number of benzene rings is 3. The van der Waals surface area contributed by atoms with E-state index >= 15 is 0 Å². The summed E-state index contributed by atoms with van der Waals surface area (Å²) in [6.07, 6.45) is 1.07. The van der Waals surface area contributed by atoms with Gasteiger partial charge in [0.05, 0.1) is 11.9 Å². The largest absolute Gasteiger partial charge is 0.357 e. The minimum Gasteiger partial charge on any atom is -0.357 e. The third-order valence-electron chi connectivity index (χ3n) is 5.37. The molecular weight excluding hydrogens is 506 g/mol. The SMILES string of the molecule is CNC(=O)[C@H](C)N(Cc1cccc(Br)c1)C(=O)CN(c1cccc2ccccc12)S(C)(=O)=O. The molecule has 2 amide bonds. The van der Waals surface area contributed by atoms with Gasteiger partial charge in [0.2, 0.25) is 21.8 Å². The average molecular weight is 532 g/mol. The maximum atomic E-state index is 13.5. The van der Waals surface area contributed by atoms with Crippen LogP contribution in [0.2, 0.25) is 0 Å². The number of carbonyl (C=O) groups excluding carboxylic acids is 2. The van der Waals surface area contributed by atoms with Crippen molar-refractivity contribution in [1.29, 1.82) is 0 Å². The van der Waals surface area contributed by atoms with Crippen LogP contribution in [0.15, 0.2) is 71.2 Å². The molecule has 0 fully saturated rings. The molecule has 0 aliphatic carbocycles. The van der Waals surface area contributed by atoms with Crippen LogP contribution in [0, 0.1) is 0 Å². The maximum absolute atomic E-state index is 13.5. The molecule has 33 heavy (non-hydrogen) atoms. The van der Waals surface area contributed by atoms with Gasteiger partial charge in [0.15, 0.2) is 0 Å². The molecule has 0 heterocycles. The summed E-state index contributed by atoms with van der Waals surface area (Å²) in [5.41, 5.74) is 1.23. The summed E-state index contributed by atoms with van der Waals surface area (Å²) < 4.78 is 27.5. The first-order chi connectivity index (χ1) is 15.6.